The number of amides is 1. The van der Waals surface area contributed by atoms with Gasteiger partial charge in [0.1, 0.15) is 0 Å². The molecule has 1 heterocycles. The molecule has 1 aromatic carbocycles. The molecule has 0 bridgehead atoms. The SMILES string of the molecule is CCN(C)C(=O)CN1CC(N)Cc2ccccc21. The van der Waals surface area contributed by atoms with E-state index in [4.69, 9.17) is 5.73 Å². The van der Waals surface area contributed by atoms with Gasteiger partial charge in [-0.15, -0.1) is 0 Å². The minimum atomic E-state index is 0.111. The topological polar surface area (TPSA) is 49.6 Å². The Hall–Kier alpha value is -1.55. The molecule has 0 saturated heterocycles. The van der Waals surface area contributed by atoms with Crippen molar-refractivity contribution in [2.24, 2.45) is 5.73 Å². The number of hydrogen-bond acceptors (Lipinski definition) is 3. The Balaban J connectivity index is 2.16. The Kier molecular flexibility index (Phi) is 3.87. The second-order valence-electron chi connectivity index (χ2n) is 4.88. The molecule has 4 nitrogen and oxygen atoms in total. The van der Waals surface area contributed by atoms with Crippen LogP contribution in [0, 0.1) is 0 Å². The first-order valence-corrected chi connectivity index (χ1v) is 6.44. The highest BCUT2D eigenvalue weighted by atomic mass is 16.2. The Morgan fingerprint density at radius 2 is 2.22 bits per heavy atom. The molecule has 0 aromatic heterocycles. The third-order valence-corrected chi connectivity index (χ3v) is 3.50. The molecule has 0 spiro atoms. The van der Waals surface area contributed by atoms with Crippen LogP contribution in [-0.2, 0) is 11.2 Å². The van der Waals surface area contributed by atoms with Gasteiger partial charge in [-0.05, 0) is 25.0 Å². The summed E-state index contributed by atoms with van der Waals surface area (Å²) < 4.78 is 0. The van der Waals surface area contributed by atoms with Gasteiger partial charge in [0.25, 0.3) is 0 Å². The predicted octanol–water partition coefficient (Wildman–Crippen LogP) is 0.855. The lowest BCUT2D eigenvalue weighted by atomic mass is 9.98. The summed E-state index contributed by atoms with van der Waals surface area (Å²) in [5.74, 6) is 0.140. The summed E-state index contributed by atoms with van der Waals surface area (Å²) in [6.45, 7) is 3.88. The number of benzene rings is 1. The zero-order chi connectivity index (χ0) is 13.1. The van der Waals surface area contributed by atoms with Crippen LogP contribution in [0.5, 0.6) is 0 Å². The van der Waals surface area contributed by atoms with Gasteiger partial charge in [-0.3, -0.25) is 4.79 Å². The van der Waals surface area contributed by atoms with Gasteiger partial charge in [0.2, 0.25) is 5.91 Å². The number of carbonyl (C=O) groups excluding carboxylic acids is 1. The second kappa shape index (κ2) is 5.40. The number of hydrogen-bond donors (Lipinski definition) is 1. The molecule has 18 heavy (non-hydrogen) atoms. The van der Waals surface area contributed by atoms with Crippen LogP contribution in [0.25, 0.3) is 0 Å². The standard InChI is InChI=1S/C14H21N3O/c1-3-16(2)14(18)10-17-9-12(15)8-11-6-4-5-7-13(11)17/h4-7,12H,3,8-10,15H2,1-2H3. The first-order valence-electron chi connectivity index (χ1n) is 6.44. The van der Waals surface area contributed by atoms with Crippen LogP contribution >= 0.6 is 0 Å². The van der Waals surface area contributed by atoms with Crippen LogP contribution in [0.3, 0.4) is 0 Å². The van der Waals surface area contributed by atoms with Crippen molar-refractivity contribution in [1.82, 2.24) is 4.90 Å². The van der Waals surface area contributed by atoms with Gasteiger partial charge < -0.3 is 15.5 Å². The minimum Gasteiger partial charge on any atom is -0.360 e. The van der Waals surface area contributed by atoms with Crippen molar-refractivity contribution in [1.29, 1.82) is 0 Å². The largest absolute Gasteiger partial charge is 0.360 e. The number of carbonyl (C=O) groups is 1. The molecule has 1 aliphatic heterocycles. The third-order valence-electron chi connectivity index (χ3n) is 3.50. The van der Waals surface area contributed by atoms with Crippen molar-refractivity contribution < 1.29 is 4.79 Å². The van der Waals surface area contributed by atoms with Crippen molar-refractivity contribution in [3.05, 3.63) is 29.8 Å². The molecule has 1 atom stereocenters. The van der Waals surface area contributed by atoms with Crippen molar-refractivity contribution >= 4 is 11.6 Å². The summed E-state index contributed by atoms with van der Waals surface area (Å²) in [5, 5.41) is 0. The first kappa shape index (κ1) is 12.9. The van der Waals surface area contributed by atoms with E-state index < -0.39 is 0 Å². The molecule has 2 N–H and O–H groups in total. The lowest BCUT2D eigenvalue weighted by molar-refractivity contribution is -0.128. The second-order valence-corrected chi connectivity index (χ2v) is 4.88. The zero-order valence-corrected chi connectivity index (χ0v) is 11.1. The number of para-hydroxylation sites is 1. The molecule has 2 rings (SSSR count). The van der Waals surface area contributed by atoms with Crippen molar-refractivity contribution in [3.8, 4) is 0 Å². The van der Waals surface area contributed by atoms with Crippen LogP contribution in [0.2, 0.25) is 0 Å². The normalized spacial score (nSPS) is 18.4. The fourth-order valence-electron chi connectivity index (χ4n) is 2.33. The maximum absolute atomic E-state index is 12.0. The molecule has 4 heteroatoms. The van der Waals surface area contributed by atoms with E-state index >= 15 is 0 Å². The number of likely N-dealkylation sites (N-methyl/N-ethyl adjacent to an activating group) is 1. The number of anilines is 1. The Morgan fingerprint density at radius 3 is 2.94 bits per heavy atom. The van der Waals surface area contributed by atoms with E-state index in [1.54, 1.807) is 4.90 Å². The lowest BCUT2D eigenvalue weighted by Crippen LogP contribution is -2.47. The van der Waals surface area contributed by atoms with Gasteiger partial charge >= 0.3 is 0 Å². The van der Waals surface area contributed by atoms with E-state index in [9.17, 15) is 4.79 Å². The Labute approximate surface area is 108 Å². The average Bonchev–Trinajstić information content (AvgIpc) is 2.37. The number of rotatable bonds is 3. The molecule has 1 aliphatic rings. The molecular formula is C14H21N3O. The smallest absolute Gasteiger partial charge is 0.241 e. The van der Waals surface area contributed by atoms with E-state index in [0.717, 1.165) is 25.2 Å². The number of nitrogens with zero attached hydrogens (tertiary/aromatic N) is 2. The van der Waals surface area contributed by atoms with E-state index in [1.165, 1.54) is 5.56 Å². The highest BCUT2D eigenvalue weighted by molar-refractivity contribution is 5.81. The van der Waals surface area contributed by atoms with Crippen LogP contribution < -0.4 is 10.6 Å². The first-order chi connectivity index (χ1) is 8.61. The van der Waals surface area contributed by atoms with E-state index in [-0.39, 0.29) is 11.9 Å². The Morgan fingerprint density at radius 1 is 1.50 bits per heavy atom. The van der Waals surface area contributed by atoms with Gasteiger partial charge in [-0.1, -0.05) is 18.2 Å². The van der Waals surface area contributed by atoms with Crippen molar-refractivity contribution in [2.75, 3.05) is 31.6 Å². The molecular weight excluding hydrogens is 226 g/mol. The molecule has 0 radical (unpaired) electrons. The third kappa shape index (κ3) is 2.64. The van der Waals surface area contributed by atoms with E-state index in [0.29, 0.717) is 6.54 Å². The van der Waals surface area contributed by atoms with Gasteiger partial charge in [-0.25, -0.2) is 0 Å². The maximum atomic E-state index is 12.0. The van der Waals surface area contributed by atoms with Gasteiger partial charge in [-0.2, -0.15) is 0 Å². The highest BCUT2D eigenvalue weighted by Crippen LogP contribution is 2.26. The average molecular weight is 247 g/mol. The monoisotopic (exact) mass is 247 g/mol. The maximum Gasteiger partial charge on any atom is 0.241 e. The zero-order valence-electron chi connectivity index (χ0n) is 11.1. The van der Waals surface area contributed by atoms with Gasteiger partial charge in [0.15, 0.2) is 0 Å². The van der Waals surface area contributed by atoms with Crippen molar-refractivity contribution in [3.63, 3.8) is 0 Å². The predicted molar refractivity (Wildman–Crippen MR) is 73.6 cm³/mol. The number of fused-ring (bicyclic) bond motifs is 1. The van der Waals surface area contributed by atoms with Crippen molar-refractivity contribution in [2.45, 2.75) is 19.4 Å². The summed E-state index contributed by atoms with van der Waals surface area (Å²) in [6, 6.07) is 8.31. The van der Waals surface area contributed by atoms with Crippen LogP contribution in [0.15, 0.2) is 24.3 Å². The molecule has 1 aromatic rings. The quantitative estimate of drug-likeness (QED) is 0.861. The molecule has 1 unspecified atom stereocenters. The summed E-state index contributed by atoms with van der Waals surface area (Å²) in [6.07, 6.45) is 0.893. The fourth-order valence-corrected chi connectivity index (χ4v) is 2.33. The van der Waals surface area contributed by atoms with E-state index in [1.807, 2.05) is 26.1 Å². The summed E-state index contributed by atoms with van der Waals surface area (Å²) in [5.41, 5.74) is 8.45. The summed E-state index contributed by atoms with van der Waals surface area (Å²) in [7, 11) is 1.83. The van der Waals surface area contributed by atoms with Gasteiger partial charge in [0, 0.05) is 31.9 Å². The van der Waals surface area contributed by atoms with Crippen LogP contribution in [-0.4, -0.2) is 43.5 Å². The highest BCUT2D eigenvalue weighted by Gasteiger charge is 2.23. The molecule has 1 amide bonds. The molecule has 0 fully saturated rings. The molecule has 98 valence electrons. The molecule has 0 saturated carbocycles. The van der Waals surface area contributed by atoms with Crippen LogP contribution in [0.1, 0.15) is 12.5 Å². The minimum absolute atomic E-state index is 0.111. The van der Waals surface area contributed by atoms with E-state index in [2.05, 4.69) is 17.0 Å². The molecule has 0 aliphatic carbocycles. The van der Waals surface area contributed by atoms with Crippen LogP contribution in [0.4, 0.5) is 5.69 Å². The lowest BCUT2D eigenvalue weighted by Gasteiger charge is -2.35. The summed E-state index contributed by atoms with van der Waals surface area (Å²) >= 11 is 0. The Bertz CT molecular complexity index is 433. The fraction of sp³-hybridized carbons (Fsp3) is 0.500. The summed E-state index contributed by atoms with van der Waals surface area (Å²) in [4.78, 5) is 15.8. The number of nitrogens with two attached hydrogens (primary N) is 1. The van der Waals surface area contributed by atoms with Gasteiger partial charge in [0.05, 0.1) is 6.54 Å².